The monoisotopic (exact) mass is 472 g/mol. The second-order valence-electron chi connectivity index (χ2n) is 7.99. The highest BCUT2D eigenvalue weighted by Gasteiger charge is 2.52. The second-order valence-corrected chi connectivity index (χ2v) is 16.7. The van der Waals surface area contributed by atoms with E-state index in [0.29, 0.717) is 0 Å². The van der Waals surface area contributed by atoms with Crippen molar-refractivity contribution in [3.63, 3.8) is 0 Å². The van der Waals surface area contributed by atoms with E-state index in [1.165, 1.54) is 0 Å². The first-order valence-electron chi connectivity index (χ1n) is 10.9. The molecule has 4 aromatic carbocycles. The summed E-state index contributed by atoms with van der Waals surface area (Å²) in [6.07, 6.45) is 0. The second kappa shape index (κ2) is 9.91. The van der Waals surface area contributed by atoms with Crippen molar-refractivity contribution in [3.05, 3.63) is 121 Å². The molecule has 162 valence electrons. The van der Waals surface area contributed by atoms with Crippen LogP contribution in [0.25, 0.3) is 0 Å². The first-order valence-corrected chi connectivity index (χ1v) is 17.3. The molecule has 4 aromatic rings. The molecule has 0 unspecified atom stereocenters. The van der Waals surface area contributed by atoms with Crippen LogP contribution in [0.3, 0.4) is 0 Å². The molecule has 32 heavy (non-hydrogen) atoms. The topological polar surface area (TPSA) is 38.7 Å². The van der Waals surface area contributed by atoms with Gasteiger partial charge in [-0.3, -0.25) is 0 Å². The Balaban J connectivity index is 1.98. The molecule has 6 heteroatoms. The number of hydrogen-bond donors (Lipinski definition) is 1. The van der Waals surface area contributed by atoms with Crippen LogP contribution in [-0.4, -0.2) is 31.0 Å². The molecule has 0 fully saturated rings. The highest BCUT2D eigenvalue weighted by atomic mass is 28.5. The third kappa shape index (κ3) is 4.61. The molecule has 0 aliphatic heterocycles. The van der Waals surface area contributed by atoms with E-state index < -0.39 is 26.2 Å². The molecular formula is C26H28O3Si3. The van der Waals surface area contributed by atoms with Gasteiger partial charge in [0.2, 0.25) is 0 Å². The summed E-state index contributed by atoms with van der Waals surface area (Å²) in [4.78, 5) is 12.4. The van der Waals surface area contributed by atoms with Crippen molar-refractivity contribution in [1.29, 1.82) is 0 Å². The Morgan fingerprint density at radius 3 is 1.16 bits per heavy atom. The minimum atomic E-state index is -3.61. The van der Waals surface area contributed by atoms with Crippen molar-refractivity contribution in [2.45, 2.75) is 13.1 Å². The molecule has 0 aromatic heterocycles. The van der Waals surface area contributed by atoms with Gasteiger partial charge in [0.1, 0.15) is 0 Å². The van der Waals surface area contributed by atoms with Crippen LogP contribution in [0.4, 0.5) is 0 Å². The molecule has 0 heterocycles. The van der Waals surface area contributed by atoms with Gasteiger partial charge in [0.15, 0.2) is 9.04 Å². The zero-order valence-electron chi connectivity index (χ0n) is 18.4. The van der Waals surface area contributed by atoms with Crippen molar-refractivity contribution in [1.82, 2.24) is 0 Å². The van der Waals surface area contributed by atoms with Crippen molar-refractivity contribution >= 4 is 46.9 Å². The maximum atomic E-state index is 12.4. The van der Waals surface area contributed by atoms with Gasteiger partial charge in [0.05, 0.1) is 0 Å². The summed E-state index contributed by atoms with van der Waals surface area (Å²) in [6.45, 7) is 4.31. The van der Waals surface area contributed by atoms with E-state index >= 15 is 0 Å². The van der Waals surface area contributed by atoms with E-state index in [4.69, 9.17) is 8.23 Å². The smallest absolute Gasteiger partial charge is 0.396 e. The number of benzene rings is 4. The van der Waals surface area contributed by atoms with Crippen molar-refractivity contribution in [2.24, 2.45) is 0 Å². The molecule has 0 aliphatic rings. The largest absolute Gasteiger partial charge is 0.433 e. The Kier molecular flexibility index (Phi) is 7.00. The average Bonchev–Trinajstić information content (AvgIpc) is 2.85. The highest BCUT2D eigenvalue weighted by Crippen LogP contribution is 2.18. The predicted octanol–water partition coefficient (Wildman–Crippen LogP) is 2.51. The van der Waals surface area contributed by atoms with Crippen LogP contribution in [0.2, 0.25) is 13.1 Å². The van der Waals surface area contributed by atoms with E-state index in [2.05, 4.69) is 37.4 Å². The molecule has 0 atom stereocenters. The first kappa shape index (κ1) is 22.6. The van der Waals surface area contributed by atoms with Crippen molar-refractivity contribution in [3.8, 4) is 0 Å². The molecule has 3 nitrogen and oxygen atoms in total. The van der Waals surface area contributed by atoms with Crippen LogP contribution in [0.15, 0.2) is 121 Å². The molecule has 0 amide bonds. The molecule has 0 radical (unpaired) electrons. The molecule has 1 N–H and O–H groups in total. The first-order chi connectivity index (χ1) is 15.5. The van der Waals surface area contributed by atoms with Gasteiger partial charge >= 0.3 is 17.1 Å². The quantitative estimate of drug-likeness (QED) is 0.401. The summed E-state index contributed by atoms with van der Waals surface area (Å²) in [5.74, 6) is 0. The molecule has 4 rings (SSSR count). The van der Waals surface area contributed by atoms with Crippen LogP contribution in [0.1, 0.15) is 0 Å². The third-order valence-electron chi connectivity index (χ3n) is 5.33. The SMILES string of the molecule is C[SiH](C)O[Si](O[Si](O)(c1ccccc1)c1ccccc1)(c1ccccc1)c1ccccc1. The molecule has 0 saturated carbocycles. The van der Waals surface area contributed by atoms with Gasteiger partial charge in [0.25, 0.3) is 0 Å². The highest BCUT2D eigenvalue weighted by molar-refractivity contribution is 7.05. The summed E-state index contributed by atoms with van der Waals surface area (Å²) < 4.78 is 14.0. The maximum Gasteiger partial charge on any atom is 0.396 e. The Bertz CT molecular complexity index is 1030. The standard InChI is InChI=1S/C26H28O3Si3/c1-30(2)28-32(25-19-11-5-12-20-25,26-21-13-6-14-22-26)29-31(27,23-15-7-3-8-16-23)24-17-9-4-10-18-24/h3-22,27,30H,1-2H3. The molecule has 0 bridgehead atoms. The van der Waals surface area contributed by atoms with Gasteiger partial charge in [-0.15, -0.1) is 0 Å². The van der Waals surface area contributed by atoms with E-state index in [-0.39, 0.29) is 0 Å². The minimum Gasteiger partial charge on any atom is -0.433 e. The van der Waals surface area contributed by atoms with E-state index in [1.807, 2.05) is 97.1 Å². The Hall–Kier alpha value is -2.59. The van der Waals surface area contributed by atoms with Crippen molar-refractivity contribution < 1.29 is 13.0 Å². The van der Waals surface area contributed by atoms with Crippen LogP contribution in [-0.2, 0) is 8.23 Å². The fraction of sp³-hybridized carbons (Fsp3) is 0.0769. The summed E-state index contributed by atoms with van der Waals surface area (Å²) in [6, 6.07) is 39.9. The average molecular weight is 473 g/mol. The Morgan fingerprint density at radius 2 is 0.844 bits per heavy atom. The van der Waals surface area contributed by atoms with Gasteiger partial charge in [-0.25, -0.2) is 0 Å². The van der Waals surface area contributed by atoms with E-state index in [0.717, 1.165) is 20.7 Å². The lowest BCUT2D eigenvalue weighted by Crippen LogP contribution is -2.75. The van der Waals surface area contributed by atoms with Gasteiger partial charge < -0.3 is 13.0 Å². The number of hydrogen-bond acceptors (Lipinski definition) is 3. The van der Waals surface area contributed by atoms with E-state index in [9.17, 15) is 4.80 Å². The zero-order chi connectivity index (χ0) is 22.4. The zero-order valence-corrected chi connectivity index (χ0v) is 21.5. The van der Waals surface area contributed by atoms with Crippen LogP contribution < -0.4 is 20.7 Å². The molecule has 0 aliphatic carbocycles. The van der Waals surface area contributed by atoms with Gasteiger partial charge in [-0.1, -0.05) is 121 Å². The van der Waals surface area contributed by atoms with Crippen molar-refractivity contribution in [2.75, 3.05) is 0 Å². The van der Waals surface area contributed by atoms with E-state index in [1.54, 1.807) is 0 Å². The fourth-order valence-electron chi connectivity index (χ4n) is 3.91. The fourth-order valence-corrected chi connectivity index (χ4v) is 15.0. The molecule has 0 saturated heterocycles. The van der Waals surface area contributed by atoms with Gasteiger partial charge in [0, 0.05) is 0 Å². The molecule has 0 spiro atoms. The summed E-state index contributed by atoms with van der Waals surface area (Å²) in [7, 11) is -8.41. The summed E-state index contributed by atoms with van der Waals surface area (Å²) >= 11 is 0. The van der Waals surface area contributed by atoms with Gasteiger partial charge in [-0.2, -0.15) is 0 Å². The minimum absolute atomic E-state index is 0.809. The summed E-state index contributed by atoms with van der Waals surface area (Å²) in [5, 5.41) is 3.63. The molecular weight excluding hydrogens is 445 g/mol. The maximum absolute atomic E-state index is 12.4. The Morgan fingerprint density at radius 1 is 0.531 bits per heavy atom. The van der Waals surface area contributed by atoms with Crippen LogP contribution in [0.5, 0.6) is 0 Å². The predicted molar refractivity (Wildman–Crippen MR) is 139 cm³/mol. The lowest BCUT2D eigenvalue weighted by molar-refractivity contribution is 0.355. The normalized spacial score (nSPS) is 12.1. The summed E-state index contributed by atoms with van der Waals surface area (Å²) in [5.41, 5.74) is 0. The lowest BCUT2D eigenvalue weighted by atomic mass is 10.4. The third-order valence-corrected chi connectivity index (χ3v) is 15.3. The van der Waals surface area contributed by atoms with Crippen LogP contribution >= 0.6 is 0 Å². The van der Waals surface area contributed by atoms with Gasteiger partial charge in [-0.05, 0) is 33.8 Å². The number of rotatable bonds is 8. The van der Waals surface area contributed by atoms with Crippen LogP contribution in [0, 0.1) is 0 Å². The Labute approximate surface area is 194 Å². The lowest BCUT2D eigenvalue weighted by Gasteiger charge is -2.40.